The lowest BCUT2D eigenvalue weighted by atomic mass is 10.1. The summed E-state index contributed by atoms with van der Waals surface area (Å²) in [6.07, 6.45) is 6.14. The Kier molecular flexibility index (Phi) is 3.74. The van der Waals surface area contributed by atoms with Crippen molar-refractivity contribution in [2.45, 2.75) is 38.8 Å². The molecule has 2 unspecified atom stereocenters. The maximum Gasteiger partial charge on any atom is 0.0784 e. The molecule has 1 aliphatic carbocycles. The Bertz CT molecular complexity index is 375. The summed E-state index contributed by atoms with van der Waals surface area (Å²) in [7, 11) is 2.15. The van der Waals surface area contributed by atoms with Gasteiger partial charge in [-0.1, -0.05) is 0 Å². The number of nitrogens with zero attached hydrogens (tertiary/aromatic N) is 3. The van der Waals surface area contributed by atoms with Gasteiger partial charge in [0.1, 0.15) is 0 Å². The van der Waals surface area contributed by atoms with Crippen LogP contribution in [0.3, 0.4) is 0 Å². The second-order valence-corrected chi connectivity index (χ2v) is 5.01. The summed E-state index contributed by atoms with van der Waals surface area (Å²) in [5.74, 6) is 0.782. The van der Waals surface area contributed by atoms with Crippen LogP contribution in [-0.4, -0.2) is 34.5 Å². The predicted molar refractivity (Wildman–Crippen MR) is 68.5 cm³/mol. The van der Waals surface area contributed by atoms with Crippen LogP contribution >= 0.6 is 0 Å². The monoisotopic (exact) mass is 234 g/mol. The Balaban J connectivity index is 2.13. The first kappa shape index (κ1) is 12.5. The Labute approximate surface area is 103 Å². The van der Waals surface area contributed by atoms with Crippen molar-refractivity contribution in [2.75, 3.05) is 13.6 Å². The molecule has 1 aromatic rings. The first-order chi connectivity index (χ1) is 8.15. The molecule has 1 saturated carbocycles. The van der Waals surface area contributed by atoms with Crippen LogP contribution in [0.15, 0.2) is 12.4 Å². The zero-order valence-corrected chi connectivity index (χ0v) is 10.9. The van der Waals surface area contributed by atoms with Crippen molar-refractivity contribution >= 4 is 0 Å². The van der Waals surface area contributed by atoms with Crippen molar-refractivity contribution in [3.8, 4) is 0 Å². The molecule has 94 valence electrons. The number of likely N-dealkylation sites (N-methyl/N-ethyl adjacent to an activating group) is 1. The number of aryl methyl sites for hydroxylation is 1. The highest BCUT2D eigenvalue weighted by Gasteiger charge is 2.35. The van der Waals surface area contributed by atoms with Gasteiger partial charge < -0.3 is 5.73 Å². The molecule has 0 radical (unpaired) electrons. The minimum atomic E-state index is 0.276. The van der Waals surface area contributed by atoms with E-state index in [0.29, 0.717) is 6.04 Å². The molecule has 2 rings (SSSR count). The van der Waals surface area contributed by atoms with Gasteiger partial charge in [0.15, 0.2) is 0 Å². The summed E-state index contributed by atoms with van der Waals surface area (Å²) in [6, 6.07) is 0.754. The molecule has 2 N–H and O–H groups in total. The fraction of sp³-hybridized carbons (Fsp3) is 0.692. The first-order valence-corrected chi connectivity index (χ1v) is 6.34. The van der Waals surface area contributed by atoms with Crippen molar-refractivity contribution in [2.24, 2.45) is 11.7 Å². The molecular formula is C13H22N4. The SMILES string of the molecule is Cc1nccnc1C(C)N(C)C(CN)C1CC1. The summed E-state index contributed by atoms with van der Waals surface area (Å²) in [4.78, 5) is 11.1. The Hall–Kier alpha value is -1.00. The number of rotatable bonds is 5. The van der Waals surface area contributed by atoms with Gasteiger partial charge >= 0.3 is 0 Å². The van der Waals surface area contributed by atoms with Gasteiger partial charge in [-0.2, -0.15) is 0 Å². The molecule has 0 bridgehead atoms. The first-order valence-electron chi connectivity index (χ1n) is 6.34. The van der Waals surface area contributed by atoms with Crippen LogP contribution in [0.5, 0.6) is 0 Å². The molecule has 0 aromatic carbocycles. The van der Waals surface area contributed by atoms with Crippen molar-refractivity contribution in [1.82, 2.24) is 14.9 Å². The Morgan fingerprint density at radius 1 is 1.41 bits per heavy atom. The molecule has 2 atom stereocenters. The maximum absolute atomic E-state index is 5.89. The molecule has 1 aromatic heterocycles. The van der Waals surface area contributed by atoms with E-state index in [1.807, 2.05) is 6.92 Å². The second-order valence-electron chi connectivity index (χ2n) is 5.01. The van der Waals surface area contributed by atoms with Crippen LogP contribution in [0, 0.1) is 12.8 Å². The topological polar surface area (TPSA) is 55.0 Å². The molecule has 0 spiro atoms. The largest absolute Gasteiger partial charge is 0.329 e. The van der Waals surface area contributed by atoms with Crippen molar-refractivity contribution in [3.05, 3.63) is 23.8 Å². The van der Waals surface area contributed by atoms with E-state index >= 15 is 0 Å². The highest BCUT2D eigenvalue weighted by atomic mass is 15.2. The molecule has 0 aliphatic heterocycles. The Morgan fingerprint density at radius 3 is 2.59 bits per heavy atom. The summed E-state index contributed by atoms with van der Waals surface area (Å²) in [5, 5.41) is 0. The van der Waals surface area contributed by atoms with Crippen LogP contribution < -0.4 is 5.73 Å². The third-order valence-electron chi connectivity index (χ3n) is 3.86. The quantitative estimate of drug-likeness (QED) is 0.839. The third-order valence-corrected chi connectivity index (χ3v) is 3.86. The molecule has 1 fully saturated rings. The van der Waals surface area contributed by atoms with Gasteiger partial charge in [-0.25, -0.2) is 0 Å². The van der Waals surface area contributed by atoms with Crippen LogP contribution in [0.25, 0.3) is 0 Å². The molecule has 4 nitrogen and oxygen atoms in total. The van der Waals surface area contributed by atoms with Crippen molar-refractivity contribution in [3.63, 3.8) is 0 Å². The van der Waals surface area contributed by atoms with E-state index in [0.717, 1.165) is 23.9 Å². The molecule has 0 amide bonds. The predicted octanol–water partition coefficient (Wildman–Crippen LogP) is 1.52. The minimum absolute atomic E-state index is 0.276. The molecule has 1 heterocycles. The van der Waals surface area contributed by atoms with Gasteiger partial charge in [0.25, 0.3) is 0 Å². The van der Waals surface area contributed by atoms with Gasteiger partial charge in [-0.05, 0) is 39.7 Å². The zero-order valence-electron chi connectivity index (χ0n) is 10.9. The molecule has 0 saturated heterocycles. The van der Waals surface area contributed by atoms with E-state index in [4.69, 9.17) is 5.73 Å². The fourth-order valence-electron chi connectivity index (χ4n) is 2.48. The summed E-state index contributed by atoms with van der Waals surface area (Å²) in [5.41, 5.74) is 7.97. The normalized spacial score (nSPS) is 19.4. The van der Waals surface area contributed by atoms with E-state index in [-0.39, 0.29) is 6.04 Å². The fourth-order valence-corrected chi connectivity index (χ4v) is 2.48. The minimum Gasteiger partial charge on any atom is -0.329 e. The van der Waals surface area contributed by atoms with Gasteiger partial charge in [0, 0.05) is 25.0 Å². The van der Waals surface area contributed by atoms with Crippen LogP contribution in [-0.2, 0) is 0 Å². The lowest BCUT2D eigenvalue weighted by Crippen LogP contribution is -2.41. The maximum atomic E-state index is 5.89. The van der Waals surface area contributed by atoms with Gasteiger partial charge in [-0.3, -0.25) is 14.9 Å². The molecule has 4 heteroatoms. The van der Waals surface area contributed by atoms with Crippen LogP contribution in [0.4, 0.5) is 0 Å². The highest BCUT2D eigenvalue weighted by Crippen LogP contribution is 2.37. The number of hydrogen-bond acceptors (Lipinski definition) is 4. The molecule has 1 aliphatic rings. The lowest BCUT2D eigenvalue weighted by Gasteiger charge is -2.32. The van der Waals surface area contributed by atoms with E-state index < -0.39 is 0 Å². The van der Waals surface area contributed by atoms with E-state index in [1.54, 1.807) is 12.4 Å². The van der Waals surface area contributed by atoms with Crippen LogP contribution in [0.2, 0.25) is 0 Å². The van der Waals surface area contributed by atoms with Gasteiger partial charge in [0.2, 0.25) is 0 Å². The van der Waals surface area contributed by atoms with Crippen LogP contribution in [0.1, 0.15) is 37.2 Å². The molecule has 17 heavy (non-hydrogen) atoms. The average molecular weight is 234 g/mol. The van der Waals surface area contributed by atoms with Crippen molar-refractivity contribution < 1.29 is 0 Å². The second kappa shape index (κ2) is 5.10. The smallest absolute Gasteiger partial charge is 0.0784 e. The summed E-state index contributed by atoms with van der Waals surface area (Å²) >= 11 is 0. The Morgan fingerprint density at radius 2 is 2.06 bits per heavy atom. The van der Waals surface area contributed by atoms with E-state index in [9.17, 15) is 0 Å². The number of aromatic nitrogens is 2. The van der Waals surface area contributed by atoms with E-state index in [1.165, 1.54) is 12.8 Å². The van der Waals surface area contributed by atoms with E-state index in [2.05, 4.69) is 28.8 Å². The lowest BCUT2D eigenvalue weighted by molar-refractivity contribution is 0.166. The number of hydrogen-bond donors (Lipinski definition) is 1. The van der Waals surface area contributed by atoms with Gasteiger partial charge in [0.05, 0.1) is 17.4 Å². The zero-order chi connectivity index (χ0) is 12.4. The summed E-state index contributed by atoms with van der Waals surface area (Å²) < 4.78 is 0. The standard InChI is InChI=1S/C13H22N4/c1-9-13(16-7-6-15-9)10(2)17(3)12(8-14)11-4-5-11/h6-7,10-12H,4-5,8,14H2,1-3H3. The van der Waals surface area contributed by atoms with Crippen molar-refractivity contribution in [1.29, 1.82) is 0 Å². The average Bonchev–Trinajstić information content (AvgIpc) is 3.14. The highest BCUT2D eigenvalue weighted by molar-refractivity contribution is 5.13. The molecular weight excluding hydrogens is 212 g/mol. The number of nitrogens with two attached hydrogens (primary N) is 1. The third kappa shape index (κ3) is 2.64. The van der Waals surface area contributed by atoms with Gasteiger partial charge in [-0.15, -0.1) is 0 Å². The summed E-state index contributed by atoms with van der Waals surface area (Å²) in [6.45, 7) is 4.92.